The lowest BCUT2D eigenvalue weighted by atomic mass is 10.0. The van der Waals surface area contributed by atoms with Gasteiger partial charge in [0, 0.05) is 24.1 Å². The lowest BCUT2D eigenvalue weighted by Gasteiger charge is -2.26. The quantitative estimate of drug-likeness (QED) is 0.499. The van der Waals surface area contributed by atoms with E-state index in [4.69, 9.17) is 0 Å². The number of benzene rings is 1. The Balaban J connectivity index is 1.30. The molecule has 144 valence electrons. The second-order valence-corrected chi connectivity index (χ2v) is 7.51. The lowest BCUT2D eigenvalue weighted by Crippen LogP contribution is -2.31. The SMILES string of the molecule is c1nc2c(c(NCCCN3CCCCC3)n1)-c1ccc(-c3nn[nH]n3)cc1C2. The van der Waals surface area contributed by atoms with Gasteiger partial charge in [-0.3, -0.25) is 0 Å². The van der Waals surface area contributed by atoms with Gasteiger partial charge in [-0.15, -0.1) is 10.2 Å². The first kappa shape index (κ1) is 17.2. The summed E-state index contributed by atoms with van der Waals surface area (Å²) >= 11 is 0. The van der Waals surface area contributed by atoms with Crippen molar-refractivity contribution in [2.24, 2.45) is 0 Å². The Morgan fingerprint density at radius 1 is 1.11 bits per heavy atom. The third-order valence-electron chi connectivity index (χ3n) is 5.65. The van der Waals surface area contributed by atoms with Crippen molar-refractivity contribution in [2.45, 2.75) is 32.1 Å². The number of likely N-dealkylation sites (tertiary alicyclic amines) is 1. The molecule has 8 heteroatoms. The number of aromatic nitrogens is 6. The maximum Gasteiger partial charge on any atom is 0.204 e. The van der Waals surface area contributed by atoms with E-state index in [9.17, 15) is 0 Å². The molecule has 0 amide bonds. The van der Waals surface area contributed by atoms with Crippen LogP contribution in [0.3, 0.4) is 0 Å². The number of fused-ring (bicyclic) bond motifs is 3. The van der Waals surface area contributed by atoms with Crippen LogP contribution in [0, 0.1) is 0 Å². The molecule has 0 spiro atoms. The third kappa shape index (κ3) is 3.35. The summed E-state index contributed by atoms with van der Waals surface area (Å²) in [6.07, 6.45) is 7.67. The molecule has 2 aromatic heterocycles. The largest absolute Gasteiger partial charge is 0.369 e. The number of aromatic amines is 1. The maximum absolute atomic E-state index is 4.53. The number of nitrogens with one attached hydrogen (secondary N) is 2. The van der Waals surface area contributed by atoms with E-state index in [2.05, 4.69) is 52.9 Å². The minimum Gasteiger partial charge on any atom is -0.369 e. The van der Waals surface area contributed by atoms with Crippen molar-refractivity contribution < 1.29 is 0 Å². The molecular formula is C20H24N8. The normalized spacial score (nSPS) is 16.0. The molecule has 0 bridgehead atoms. The molecule has 0 atom stereocenters. The summed E-state index contributed by atoms with van der Waals surface area (Å²) < 4.78 is 0. The molecule has 2 aliphatic rings. The number of H-pyrrole nitrogens is 1. The van der Waals surface area contributed by atoms with Crippen LogP contribution in [0.15, 0.2) is 24.5 Å². The molecular weight excluding hydrogens is 352 g/mol. The van der Waals surface area contributed by atoms with Gasteiger partial charge in [-0.25, -0.2) is 9.97 Å². The van der Waals surface area contributed by atoms with Crippen molar-refractivity contribution in [3.8, 4) is 22.5 Å². The molecule has 0 radical (unpaired) electrons. The Morgan fingerprint density at radius 3 is 2.89 bits per heavy atom. The highest BCUT2D eigenvalue weighted by atomic mass is 15.5. The Kier molecular flexibility index (Phi) is 4.70. The summed E-state index contributed by atoms with van der Waals surface area (Å²) in [5.41, 5.74) is 5.60. The topological polar surface area (TPSA) is 95.5 Å². The van der Waals surface area contributed by atoms with Gasteiger partial charge < -0.3 is 10.2 Å². The van der Waals surface area contributed by atoms with Crippen molar-refractivity contribution >= 4 is 5.82 Å². The molecule has 0 saturated carbocycles. The maximum atomic E-state index is 4.53. The zero-order chi connectivity index (χ0) is 18.8. The number of rotatable bonds is 6. The molecule has 1 aliphatic carbocycles. The summed E-state index contributed by atoms with van der Waals surface area (Å²) in [5, 5.41) is 17.9. The highest BCUT2D eigenvalue weighted by Gasteiger charge is 2.24. The fraction of sp³-hybridized carbons (Fsp3) is 0.450. The fourth-order valence-corrected chi connectivity index (χ4v) is 4.25. The fourth-order valence-electron chi connectivity index (χ4n) is 4.25. The predicted octanol–water partition coefficient (Wildman–Crippen LogP) is 2.52. The second-order valence-electron chi connectivity index (χ2n) is 7.51. The number of piperidine rings is 1. The van der Waals surface area contributed by atoms with Gasteiger partial charge in [-0.1, -0.05) is 18.6 Å². The van der Waals surface area contributed by atoms with E-state index in [0.29, 0.717) is 5.82 Å². The minimum absolute atomic E-state index is 0.612. The van der Waals surface area contributed by atoms with Gasteiger partial charge in [0.25, 0.3) is 0 Å². The summed E-state index contributed by atoms with van der Waals surface area (Å²) in [5.74, 6) is 1.55. The van der Waals surface area contributed by atoms with Crippen LogP contribution in [0.25, 0.3) is 22.5 Å². The number of nitrogens with zero attached hydrogens (tertiary/aromatic N) is 6. The standard InChI is InChI=1S/C20H24N8/c1-2-8-28(9-3-1)10-4-7-21-20-18-16-6-5-14(19-24-26-27-25-19)11-15(16)12-17(18)22-13-23-20/h5-6,11,13H,1-4,7-10,12H2,(H,21,22,23)(H,24,25,26,27). The molecule has 1 saturated heterocycles. The molecule has 1 fully saturated rings. The molecule has 3 heterocycles. The van der Waals surface area contributed by atoms with Crippen molar-refractivity contribution in [1.29, 1.82) is 0 Å². The second kappa shape index (κ2) is 7.63. The van der Waals surface area contributed by atoms with Crippen LogP contribution in [0.1, 0.15) is 36.9 Å². The van der Waals surface area contributed by atoms with Crippen LogP contribution in [0.4, 0.5) is 5.82 Å². The average molecular weight is 376 g/mol. The van der Waals surface area contributed by atoms with Crippen LogP contribution < -0.4 is 5.32 Å². The summed E-state index contributed by atoms with van der Waals surface area (Å²) in [6.45, 7) is 4.58. The van der Waals surface area contributed by atoms with E-state index >= 15 is 0 Å². The number of hydrogen-bond acceptors (Lipinski definition) is 7. The van der Waals surface area contributed by atoms with Gasteiger partial charge in [0.2, 0.25) is 5.82 Å². The highest BCUT2D eigenvalue weighted by molar-refractivity contribution is 5.85. The monoisotopic (exact) mass is 376 g/mol. The van der Waals surface area contributed by atoms with Gasteiger partial charge in [0.05, 0.1) is 5.69 Å². The highest BCUT2D eigenvalue weighted by Crippen LogP contribution is 2.40. The van der Waals surface area contributed by atoms with E-state index in [1.54, 1.807) is 6.33 Å². The van der Waals surface area contributed by atoms with E-state index in [1.807, 2.05) is 6.07 Å². The zero-order valence-corrected chi connectivity index (χ0v) is 15.9. The molecule has 8 nitrogen and oxygen atoms in total. The van der Waals surface area contributed by atoms with Crippen LogP contribution in [0.5, 0.6) is 0 Å². The van der Waals surface area contributed by atoms with Crippen molar-refractivity contribution in [3.05, 3.63) is 35.8 Å². The van der Waals surface area contributed by atoms with Crippen LogP contribution >= 0.6 is 0 Å². The first-order valence-corrected chi connectivity index (χ1v) is 10.1. The van der Waals surface area contributed by atoms with Crippen molar-refractivity contribution in [1.82, 2.24) is 35.5 Å². The summed E-state index contributed by atoms with van der Waals surface area (Å²) in [7, 11) is 0. The number of hydrogen-bond donors (Lipinski definition) is 2. The summed E-state index contributed by atoms with van der Waals surface area (Å²) in [6, 6.07) is 6.28. The Bertz CT molecular complexity index is 947. The van der Waals surface area contributed by atoms with Crippen LogP contribution in [-0.2, 0) is 6.42 Å². The summed E-state index contributed by atoms with van der Waals surface area (Å²) in [4.78, 5) is 11.6. The first-order chi connectivity index (χ1) is 13.9. The van der Waals surface area contributed by atoms with Gasteiger partial charge in [-0.05, 0) is 61.3 Å². The molecule has 1 aromatic carbocycles. The molecule has 3 aromatic rings. The minimum atomic E-state index is 0.612. The van der Waals surface area contributed by atoms with Crippen LogP contribution in [0.2, 0.25) is 0 Å². The Hall–Kier alpha value is -2.87. The van der Waals surface area contributed by atoms with Gasteiger partial charge in [-0.2, -0.15) is 5.21 Å². The molecule has 5 rings (SSSR count). The van der Waals surface area contributed by atoms with Gasteiger partial charge >= 0.3 is 0 Å². The third-order valence-corrected chi connectivity index (χ3v) is 5.65. The zero-order valence-electron chi connectivity index (χ0n) is 15.9. The lowest BCUT2D eigenvalue weighted by molar-refractivity contribution is 0.228. The van der Waals surface area contributed by atoms with E-state index in [0.717, 1.165) is 48.6 Å². The predicted molar refractivity (Wildman–Crippen MR) is 107 cm³/mol. The van der Waals surface area contributed by atoms with Crippen molar-refractivity contribution in [2.75, 3.05) is 31.5 Å². The smallest absolute Gasteiger partial charge is 0.204 e. The number of anilines is 1. The molecule has 28 heavy (non-hydrogen) atoms. The molecule has 1 aliphatic heterocycles. The van der Waals surface area contributed by atoms with Gasteiger partial charge in [0.15, 0.2) is 0 Å². The van der Waals surface area contributed by atoms with E-state index in [-0.39, 0.29) is 0 Å². The van der Waals surface area contributed by atoms with E-state index < -0.39 is 0 Å². The molecule has 0 unspecified atom stereocenters. The number of tetrazole rings is 1. The Labute approximate surface area is 163 Å². The van der Waals surface area contributed by atoms with Gasteiger partial charge in [0.1, 0.15) is 12.1 Å². The van der Waals surface area contributed by atoms with Crippen molar-refractivity contribution in [3.63, 3.8) is 0 Å². The Morgan fingerprint density at radius 2 is 2.04 bits per heavy atom. The first-order valence-electron chi connectivity index (χ1n) is 10.1. The molecule has 2 N–H and O–H groups in total. The van der Waals surface area contributed by atoms with E-state index in [1.165, 1.54) is 43.5 Å². The average Bonchev–Trinajstić information content (AvgIpc) is 3.39. The van der Waals surface area contributed by atoms with Crippen LogP contribution in [-0.4, -0.2) is 61.7 Å².